The number of aliphatic hydroxyl groups excluding tert-OH is 1. The molecule has 0 saturated heterocycles. The SMILES string of the molecule is COC(=O)c1cccc(NCc2ccc(CO)o2)c1C. The Morgan fingerprint density at radius 3 is 2.70 bits per heavy atom. The van der Waals surface area contributed by atoms with Crippen molar-refractivity contribution in [1.82, 2.24) is 0 Å². The van der Waals surface area contributed by atoms with Crippen LogP contribution in [0, 0.1) is 6.92 Å². The van der Waals surface area contributed by atoms with Crippen molar-refractivity contribution in [2.24, 2.45) is 0 Å². The molecule has 2 N–H and O–H groups in total. The van der Waals surface area contributed by atoms with Crippen LogP contribution in [-0.2, 0) is 17.9 Å². The van der Waals surface area contributed by atoms with Crippen molar-refractivity contribution in [3.63, 3.8) is 0 Å². The summed E-state index contributed by atoms with van der Waals surface area (Å²) in [4.78, 5) is 11.6. The molecular formula is C15H17NO4. The lowest BCUT2D eigenvalue weighted by Gasteiger charge is -2.11. The van der Waals surface area contributed by atoms with Gasteiger partial charge in [0, 0.05) is 5.69 Å². The molecule has 106 valence electrons. The number of methoxy groups -OCH3 is 1. The molecule has 20 heavy (non-hydrogen) atoms. The number of anilines is 1. The number of rotatable bonds is 5. The van der Waals surface area contributed by atoms with E-state index < -0.39 is 0 Å². The average molecular weight is 275 g/mol. The first-order chi connectivity index (χ1) is 9.65. The zero-order valence-corrected chi connectivity index (χ0v) is 11.5. The van der Waals surface area contributed by atoms with Crippen molar-refractivity contribution in [2.45, 2.75) is 20.1 Å². The minimum absolute atomic E-state index is 0.114. The number of benzene rings is 1. The third kappa shape index (κ3) is 3.00. The molecule has 5 heteroatoms. The molecule has 1 aromatic heterocycles. The van der Waals surface area contributed by atoms with Crippen LogP contribution in [-0.4, -0.2) is 18.2 Å². The Labute approximate surface area is 117 Å². The number of carbonyl (C=O) groups is 1. The molecule has 0 bridgehead atoms. The van der Waals surface area contributed by atoms with Gasteiger partial charge in [0.1, 0.15) is 18.1 Å². The molecule has 0 aliphatic carbocycles. The van der Waals surface area contributed by atoms with E-state index in [2.05, 4.69) is 5.32 Å². The highest BCUT2D eigenvalue weighted by molar-refractivity contribution is 5.92. The van der Waals surface area contributed by atoms with Gasteiger partial charge in [-0.15, -0.1) is 0 Å². The second-order valence-electron chi connectivity index (χ2n) is 4.35. The summed E-state index contributed by atoms with van der Waals surface area (Å²) in [6.45, 7) is 2.22. The Morgan fingerprint density at radius 2 is 2.05 bits per heavy atom. The van der Waals surface area contributed by atoms with E-state index in [-0.39, 0.29) is 12.6 Å². The van der Waals surface area contributed by atoms with Gasteiger partial charge in [0.25, 0.3) is 0 Å². The van der Waals surface area contributed by atoms with E-state index in [4.69, 9.17) is 14.3 Å². The maximum Gasteiger partial charge on any atom is 0.338 e. The summed E-state index contributed by atoms with van der Waals surface area (Å²) in [5.41, 5.74) is 2.20. The molecule has 1 aromatic carbocycles. The highest BCUT2D eigenvalue weighted by Gasteiger charge is 2.11. The molecule has 2 aromatic rings. The van der Waals surface area contributed by atoms with Crippen LogP contribution >= 0.6 is 0 Å². The number of hydrogen-bond donors (Lipinski definition) is 2. The third-order valence-electron chi connectivity index (χ3n) is 3.07. The molecule has 0 saturated carbocycles. The Morgan fingerprint density at radius 1 is 1.30 bits per heavy atom. The normalized spacial score (nSPS) is 10.3. The Balaban J connectivity index is 2.11. The van der Waals surface area contributed by atoms with Gasteiger partial charge in [-0.3, -0.25) is 0 Å². The molecule has 0 spiro atoms. The van der Waals surface area contributed by atoms with Crippen molar-refractivity contribution in [3.05, 3.63) is 53.0 Å². The number of nitrogens with one attached hydrogen (secondary N) is 1. The third-order valence-corrected chi connectivity index (χ3v) is 3.07. The lowest BCUT2D eigenvalue weighted by Crippen LogP contribution is -2.07. The monoisotopic (exact) mass is 275 g/mol. The van der Waals surface area contributed by atoms with Crippen LogP contribution in [0.15, 0.2) is 34.7 Å². The van der Waals surface area contributed by atoms with E-state index >= 15 is 0 Å². The van der Waals surface area contributed by atoms with Gasteiger partial charge < -0.3 is 19.6 Å². The quantitative estimate of drug-likeness (QED) is 0.820. The maximum absolute atomic E-state index is 11.6. The number of carbonyl (C=O) groups excluding carboxylic acids is 1. The Bertz CT molecular complexity index is 604. The zero-order valence-electron chi connectivity index (χ0n) is 11.5. The summed E-state index contributed by atoms with van der Waals surface area (Å²) in [7, 11) is 1.36. The van der Waals surface area contributed by atoms with Gasteiger partial charge in [-0.2, -0.15) is 0 Å². The highest BCUT2D eigenvalue weighted by Crippen LogP contribution is 2.20. The van der Waals surface area contributed by atoms with Gasteiger partial charge in [-0.25, -0.2) is 4.79 Å². The van der Waals surface area contributed by atoms with Gasteiger partial charge in [0.2, 0.25) is 0 Å². The fourth-order valence-electron chi connectivity index (χ4n) is 1.94. The van der Waals surface area contributed by atoms with E-state index in [9.17, 15) is 4.79 Å². The molecular weight excluding hydrogens is 258 g/mol. The van der Waals surface area contributed by atoms with Crippen molar-refractivity contribution in [1.29, 1.82) is 0 Å². The molecule has 0 unspecified atom stereocenters. The first-order valence-electron chi connectivity index (χ1n) is 6.26. The summed E-state index contributed by atoms with van der Waals surface area (Å²) in [5, 5.41) is 12.1. The second-order valence-corrected chi connectivity index (χ2v) is 4.35. The molecule has 2 rings (SSSR count). The Kier molecular flexibility index (Phi) is 4.42. The van der Waals surface area contributed by atoms with Crippen molar-refractivity contribution in [2.75, 3.05) is 12.4 Å². The summed E-state index contributed by atoms with van der Waals surface area (Å²) in [6, 6.07) is 8.94. The van der Waals surface area contributed by atoms with Crippen molar-refractivity contribution < 1.29 is 19.1 Å². The van der Waals surface area contributed by atoms with Crippen LogP contribution in [0.1, 0.15) is 27.4 Å². The van der Waals surface area contributed by atoms with Gasteiger partial charge in [0.05, 0.1) is 19.2 Å². The molecule has 0 aliphatic heterocycles. The van der Waals surface area contributed by atoms with E-state index in [0.29, 0.717) is 17.9 Å². The average Bonchev–Trinajstić information content (AvgIpc) is 2.93. The number of aliphatic hydroxyl groups is 1. The van der Waals surface area contributed by atoms with Crippen molar-refractivity contribution in [3.8, 4) is 0 Å². The summed E-state index contributed by atoms with van der Waals surface area (Å²) in [6.07, 6.45) is 0. The van der Waals surface area contributed by atoms with Crippen LogP contribution in [0.5, 0.6) is 0 Å². The lowest BCUT2D eigenvalue weighted by atomic mass is 10.1. The predicted molar refractivity (Wildman–Crippen MR) is 74.5 cm³/mol. The topological polar surface area (TPSA) is 71.7 Å². The lowest BCUT2D eigenvalue weighted by molar-refractivity contribution is 0.0600. The van der Waals surface area contributed by atoms with E-state index in [1.807, 2.05) is 13.0 Å². The van der Waals surface area contributed by atoms with Crippen LogP contribution < -0.4 is 5.32 Å². The first kappa shape index (κ1) is 14.1. The molecule has 5 nitrogen and oxygen atoms in total. The smallest absolute Gasteiger partial charge is 0.338 e. The molecule has 0 radical (unpaired) electrons. The first-order valence-corrected chi connectivity index (χ1v) is 6.26. The molecule has 1 heterocycles. The van der Waals surface area contributed by atoms with Crippen LogP contribution in [0.25, 0.3) is 0 Å². The van der Waals surface area contributed by atoms with E-state index in [1.165, 1.54) is 7.11 Å². The number of esters is 1. The largest absolute Gasteiger partial charge is 0.465 e. The van der Waals surface area contributed by atoms with E-state index in [1.54, 1.807) is 24.3 Å². The van der Waals surface area contributed by atoms with Gasteiger partial charge >= 0.3 is 5.97 Å². The fraction of sp³-hybridized carbons (Fsp3) is 0.267. The maximum atomic E-state index is 11.6. The summed E-state index contributed by atoms with van der Waals surface area (Å²) >= 11 is 0. The van der Waals surface area contributed by atoms with Gasteiger partial charge in [-0.1, -0.05) is 6.07 Å². The Hall–Kier alpha value is -2.27. The van der Waals surface area contributed by atoms with E-state index in [0.717, 1.165) is 17.0 Å². The summed E-state index contributed by atoms with van der Waals surface area (Å²) < 4.78 is 10.1. The van der Waals surface area contributed by atoms with Crippen LogP contribution in [0.4, 0.5) is 5.69 Å². The second kappa shape index (κ2) is 6.25. The zero-order chi connectivity index (χ0) is 14.5. The van der Waals surface area contributed by atoms with Crippen LogP contribution in [0.3, 0.4) is 0 Å². The molecule has 0 aliphatic rings. The number of ether oxygens (including phenoxy) is 1. The van der Waals surface area contributed by atoms with Gasteiger partial charge in [-0.05, 0) is 36.8 Å². The standard InChI is InChI=1S/C15H17NO4/c1-10-13(15(18)19-2)4-3-5-14(10)16-8-11-6-7-12(9-17)20-11/h3-7,16-17H,8-9H2,1-2H3. The minimum atomic E-state index is -0.355. The van der Waals surface area contributed by atoms with Crippen molar-refractivity contribution >= 4 is 11.7 Å². The minimum Gasteiger partial charge on any atom is -0.465 e. The summed E-state index contributed by atoms with van der Waals surface area (Å²) in [5.74, 6) is 0.894. The molecule has 0 atom stereocenters. The predicted octanol–water partition coefficient (Wildman–Crippen LogP) is 2.48. The molecule has 0 fully saturated rings. The number of furan rings is 1. The van der Waals surface area contributed by atoms with Crippen LogP contribution in [0.2, 0.25) is 0 Å². The highest BCUT2D eigenvalue weighted by atomic mass is 16.5. The van der Waals surface area contributed by atoms with Gasteiger partial charge in [0.15, 0.2) is 0 Å². The molecule has 0 amide bonds. The fourth-order valence-corrected chi connectivity index (χ4v) is 1.94. The number of hydrogen-bond acceptors (Lipinski definition) is 5.